The van der Waals surface area contributed by atoms with Crippen LogP contribution in [0.15, 0.2) is 42.7 Å². The number of aryl methyl sites for hydroxylation is 1. The number of carbonyl (C=O) groups is 1. The van der Waals surface area contributed by atoms with Crippen LogP contribution < -0.4 is 4.90 Å². The molecule has 1 aromatic heterocycles. The van der Waals surface area contributed by atoms with Crippen LogP contribution in [-0.4, -0.2) is 39.9 Å². The zero-order chi connectivity index (χ0) is 24.4. The van der Waals surface area contributed by atoms with Crippen molar-refractivity contribution in [1.82, 2.24) is 14.9 Å². The van der Waals surface area contributed by atoms with E-state index in [1.165, 1.54) is 18.3 Å². The van der Waals surface area contributed by atoms with E-state index in [0.29, 0.717) is 40.7 Å². The summed E-state index contributed by atoms with van der Waals surface area (Å²) in [6.07, 6.45) is 3.69. The van der Waals surface area contributed by atoms with Gasteiger partial charge in [-0.05, 0) is 49.2 Å². The van der Waals surface area contributed by atoms with Crippen molar-refractivity contribution in [3.8, 4) is 6.07 Å². The van der Waals surface area contributed by atoms with Gasteiger partial charge in [-0.1, -0.05) is 34.8 Å². The lowest BCUT2D eigenvalue weighted by molar-refractivity contribution is 0.0784. The Morgan fingerprint density at radius 1 is 1.18 bits per heavy atom. The van der Waals surface area contributed by atoms with E-state index in [1.54, 1.807) is 36.2 Å². The van der Waals surface area contributed by atoms with Gasteiger partial charge in [0.05, 0.1) is 27.5 Å². The lowest BCUT2D eigenvalue weighted by atomic mass is 10.1. The van der Waals surface area contributed by atoms with Crippen molar-refractivity contribution in [3.05, 3.63) is 86.1 Å². The molecule has 0 unspecified atom stereocenters. The Kier molecular flexibility index (Phi) is 7.22. The lowest BCUT2D eigenvalue weighted by Gasteiger charge is -2.32. The molecule has 0 aliphatic carbocycles. The van der Waals surface area contributed by atoms with Crippen LogP contribution in [0.25, 0.3) is 0 Å². The van der Waals surface area contributed by atoms with Crippen molar-refractivity contribution in [2.45, 2.75) is 25.9 Å². The molecule has 174 valence electrons. The molecule has 3 aromatic rings. The van der Waals surface area contributed by atoms with Crippen molar-refractivity contribution in [2.75, 3.05) is 18.0 Å². The fourth-order valence-corrected chi connectivity index (χ4v) is 4.58. The normalized spacial score (nSPS) is 15.3. The largest absolute Gasteiger partial charge is 0.362 e. The van der Waals surface area contributed by atoms with Crippen LogP contribution in [-0.2, 0) is 6.54 Å². The molecule has 2 aromatic carbocycles. The first-order valence-electron chi connectivity index (χ1n) is 10.4. The number of anilines is 1. The Labute approximate surface area is 211 Å². The van der Waals surface area contributed by atoms with Gasteiger partial charge in [0.2, 0.25) is 0 Å². The van der Waals surface area contributed by atoms with Gasteiger partial charge in [0.1, 0.15) is 17.6 Å². The van der Waals surface area contributed by atoms with Gasteiger partial charge < -0.3 is 9.80 Å². The molecular formula is C24H19Cl3FN5O. The standard InChI is InChI=1S/C24H19Cl3FN5O/c1-14-10-31-23(11-30-14)24(34)32-5-4-18(13-32)33(17-3-2-15(9-29)19(25)7-17)12-16-6-22(28)21(27)8-20(16)26/h2-3,6-8,10-11,18H,4-5,12-13H2,1H3/t18-/m0/s1. The van der Waals surface area contributed by atoms with Gasteiger partial charge in [-0.15, -0.1) is 0 Å². The number of rotatable bonds is 5. The van der Waals surface area contributed by atoms with Gasteiger partial charge >= 0.3 is 0 Å². The Morgan fingerprint density at radius 2 is 1.97 bits per heavy atom. The van der Waals surface area contributed by atoms with Gasteiger partial charge in [-0.3, -0.25) is 9.78 Å². The first kappa shape index (κ1) is 24.2. The molecule has 1 fully saturated rings. The van der Waals surface area contributed by atoms with E-state index in [1.807, 2.05) is 11.0 Å². The van der Waals surface area contributed by atoms with Gasteiger partial charge in [-0.2, -0.15) is 5.26 Å². The van der Waals surface area contributed by atoms with Gasteiger partial charge in [0, 0.05) is 42.6 Å². The highest BCUT2D eigenvalue weighted by Gasteiger charge is 2.32. The zero-order valence-electron chi connectivity index (χ0n) is 18.1. The SMILES string of the molecule is Cc1cnc(C(=O)N2CC[C@H](N(Cc3cc(F)c(Cl)cc3Cl)c3ccc(C#N)c(Cl)c3)C2)cn1. The number of aromatic nitrogens is 2. The number of halogens is 4. The number of amides is 1. The summed E-state index contributed by atoms with van der Waals surface area (Å²) in [5.74, 6) is -0.775. The maximum Gasteiger partial charge on any atom is 0.274 e. The van der Waals surface area contributed by atoms with E-state index < -0.39 is 5.82 Å². The summed E-state index contributed by atoms with van der Waals surface area (Å²) in [5, 5.41) is 9.81. The molecule has 10 heteroatoms. The van der Waals surface area contributed by atoms with E-state index >= 15 is 0 Å². The van der Waals surface area contributed by atoms with Crippen LogP contribution in [0.3, 0.4) is 0 Å². The number of hydrogen-bond donors (Lipinski definition) is 0. The lowest BCUT2D eigenvalue weighted by Crippen LogP contribution is -2.39. The number of nitriles is 1. The maximum atomic E-state index is 14.2. The quantitative estimate of drug-likeness (QED) is 0.407. The molecule has 0 bridgehead atoms. The Bertz CT molecular complexity index is 1280. The summed E-state index contributed by atoms with van der Waals surface area (Å²) in [6.45, 7) is 2.99. The number of benzene rings is 2. The van der Waals surface area contributed by atoms with E-state index in [2.05, 4.69) is 9.97 Å². The van der Waals surface area contributed by atoms with E-state index in [0.717, 1.165) is 11.4 Å². The second kappa shape index (κ2) is 10.1. The van der Waals surface area contributed by atoms with Crippen LogP contribution in [0.4, 0.5) is 10.1 Å². The monoisotopic (exact) mass is 517 g/mol. The average Bonchev–Trinajstić information content (AvgIpc) is 3.30. The van der Waals surface area contributed by atoms with Gasteiger partial charge in [-0.25, -0.2) is 9.37 Å². The predicted molar refractivity (Wildman–Crippen MR) is 130 cm³/mol. The molecular weight excluding hydrogens is 500 g/mol. The van der Waals surface area contributed by atoms with Crippen LogP contribution in [0.5, 0.6) is 0 Å². The van der Waals surface area contributed by atoms with E-state index in [4.69, 9.17) is 34.8 Å². The molecule has 2 heterocycles. The summed E-state index contributed by atoms with van der Waals surface area (Å²) < 4.78 is 14.2. The first-order chi connectivity index (χ1) is 16.3. The minimum absolute atomic E-state index is 0.0569. The molecule has 1 aliphatic rings. The molecule has 1 atom stereocenters. The topological polar surface area (TPSA) is 73.1 Å². The third kappa shape index (κ3) is 5.10. The highest BCUT2D eigenvalue weighted by Crippen LogP contribution is 2.32. The average molecular weight is 519 g/mol. The molecule has 6 nitrogen and oxygen atoms in total. The third-order valence-corrected chi connectivity index (χ3v) is 6.68. The number of carbonyl (C=O) groups excluding carboxylic acids is 1. The van der Waals surface area contributed by atoms with Crippen molar-refractivity contribution in [1.29, 1.82) is 5.26 Å². The van der Waals surface area contributed by atoms with Crippen LogP contribution in [0.2, 0.25) is 15.1 Å². The predicted octanol–water partition coefficient (Wildman–Crippen LogP) is 5.68. The first-order valence-corrected chi connectivity index (χ1v) is 11.6. The summed E-state index contributed by atoms with van der Waals surface area (Å²) in [7, 11) is 0. The third-order valence-electron chi connectivity index (χ3n) is 5.73. The van der Waals surface area contributed by atoms with Gasteiger partial charge in [0.25, 0.3) is 5.91 Å². The molecule has 0 spiro atoms. The highest BCUT2D eigenvalue weighted by atomic mass is 35.5. The summed E-state index contributed by atoms with van der Waals surface area (Å²) in [4.78, 5) is 25.0. The van der Waals surface area contributed by atoms with Crippen LogP contribution >= 0.6 is 34.8 Å². The smallest absolute Gasteiger partial charge is 0.274 e. The Morgan fingerprint density at radius 3 is 2.65 bits per heavy atom. The van der Waals surface area contributed by atoms with Crippen LogP contribution in [0, 0.1) is 24.1 Å². The molecule has 1 amide bonds. The fourth-order valence-electron chi connectivity index (χ4n) is 3.92. The Balaban J connectivity index is 1.64. The molecule has 1 saturated heterocycles. The molecule has 0 N–H and O–H groups in total. The summed E-state index contributed by atoms with van der Waals surface area (Å²) in [5.41, 5.74) is 2.62. The van der Waals surface area contributed by atoms with Crippen molar-refractivity contribution in [2.24, 2.45) is 0 Å². The summed E-state index contributed by atoms with van der Waals surface area (Å²) in [6, 6.07) is 9.72. The second-order valence-electron chi connectivity index (χ2n) is 8.00. The molecule has 34 heavy (non-hydrogen) atoms. The zero-order valence-corrected chi connectivity index (χ0v) is 20.4. The van der Waals surface area contributed by atoms with Crippen molar-refractivity contribution >= 4 is 46.4 Å². The second-order valence-corrected chi connectivity index (χ2v) is 9.22. The Hall–Kier alpha value is -2.92. The number of likely N-dealkylation sites (tertiary alicyclic amines) is 1. The van der Waals surface area contributed by atoms with Crippen molar-refractivity contribution < 1.29 is 9.18 Å². The van der Waals surface area contributed by atoms with Crippen molar-refractivity contribution in [3.63, 3.8) is 0 Å². The fraction of sp³-hybridized carbons (Fsp3) is 0.250. The number of nitrogens with zero attached hydrogens (tertiary/aromatic N) is 5. The molecule has 1 aliphatic heterocycles. The molecule has 4 rings (SSSR count). The minimum Gasteiger partial charge on any atom is -0.362 e. The maximum absolute atomic E-state index is 14.2. The van der Waals surface area contributed by atoms with Gasteiger partial charge in [0.15, 0.2) is 0 Å². The minimum atomic E-state index is -0.569. The molecule has 0 radical (unpaired) electrons. The van der Waals surface area contributed by atoms with E-state index in [9.17, 15) is 14.4 Å². The number of hydrogen-bond acceptors (Lipinski definition) is 5. The van der Waals surface area contributed by atoms with E-state index in [-0.39, 0.29) is 29.2 Å². The molecule has 0 saturated carbocycles. The highest BCUT2D eigenvalue weighted by molar-refractivity contribution is 6.35. The van der Waals surface area contributed by atoms with Crippen LogP contribution in [0.1, 0.15) is 33.7 Å². The summed E-state index contributed by atoms with van der Waals surface area (Å²) >= 11 is 18.5.